The molecule has 0 unspecified atom stereocenters. The summed E-state index contributed by atoms with van der Waals surface area (Å²) in [6.45, 7) is 2.54. The van der Waals surface area contributed by atoms with Gasteiger partial charge in [0, 0.05) is 20.1 Å². The van der Waals surface area contributed by atoms with E-state index in [0.717, 1.165) is 11.1 Å². The highest BCUT2D eigenvalue weighted by atomic mass is 79.9. The van der Waals surface area contributed by atoms with Crippen LogP contribution in [-0.4, -0.2) is 6.61 Å². The Kier molecular flexibility index (Phi) is 7.97. The van der Waals surface area contributed by atoms with Gasteiger partial charge in [-0.1, -0.05) is 57.3 Å². The fraction of sp³-hybridized carbons (Fsp3) is 0.125. The van der Waals surface area contributed by atoms with Crippen molar-refractivity contribution in [3.63, 3.8) is 0 Å². The fourth-order valence-corrected chi connectivity index (χ4v) is 3.70. The van der Waals surface area contributed by atoms with E-state index in [0.29, 0.717) is 43.8 Å². The van der Waals surface area contributed by atoms with Crippen LogP contribution in [0.25, 0.3) is 11.6 Å². The second-order valence-electron chi connectivity index (χ2n) is 6.45. The van der Waals surface area contributed by atoms with Gasteiger partial charge < -0.3 is 9.47 Å². The number of hydrogen-bond donors (Lipinski definition) is 0. The van der Waals surface area contributed by atoms with Crippen molar-refractivity contribution in [1.29, 1.82) is 5.26 Å². The first-order valence-corrected chi connectivity index (χ1v) is 10.9. The summed E-state index contributed by atoms with van der Waals surface area (Å²) in [7, 11) is 0. The topological polar surface area (TPSA) is 42.2 Å². The van der Waals surface area contributed by atoms with Crippen LogP contribution in [0.15, 0.2) is 59.1 Å². The maximum absolute atomic E-state index is 13.2. The van der Waals surface area contributed by atoms with Crippen LogP contribution in [0.2, 0.25) is 10.0 Å². The summed E-state index contributed by atoms with van der Waals surface area (Å²) < 4.78 is 25.6. The molecule has 0 atom stereocenters. The Labute approximate surface area is 198 Å². The smallest absolute Gasteiger partial charge is 0.162 e. The number of benzene rings is 3. The van der Waals surface area contributed by atoms with Gasteiger partial charge in [0.15, 0.2) is 11.5 Å². The molecule has 0 heterocycles. The summed E-state index contributed by atoms with van der Waals surface area (Å²) in [5.74, 6) is 0.693. The van der Waals surface area contributed by atoms with Gasteiger partial charge in [-0.15, -0.1) is 0 Å². The molecule has 3 rings (SSSR count). The molecule has 3 aromatic carbocycles. The molecule has 0 aliphatic rings. The molecule has 0 aliphatic carbocycles. The van der Waals surface area contributed by atoms with Crippen LogP contribution in [0.4, 0.5) is 4.39 Å². The number of rotatable bonds is 7. The maximum atomic E-state index is 13.2. The number of nitriles is 1. The molecule has 0 aromatic heterocycles. The highest BCUT2D eigenvalue weighted by molar-refractivity contribution is 9.10. The number of halogens is 4. The van der Waals surface area contributed by atoms with Gasteiger partial charge in [0.1, 0.15) is 12.4 Å². The molecule has 0 radical (unpaired) electrons. The molecule has 0 bridgehead atoms. The lowest BCUT2D eigenvalue weighted by molar-refractivity contribution is 0.269. The van der Waals surface area contributed by atoms with Crippen LogP contribution in [0.5, 0.6) is 11.5 Å². The van der Waals surface area contributed by atoms with Crippen molar-refractivity contribution in [2.24, 2.45) is 0 Å². The lowest BCUT2D eigenvalue weighted by Gasteiger charge is -2.15. The minimum Gasteiger partial charge on any atom is -0.490 e. The summed E-state index contributed by atoms with van der Waals surface area (Å²) in [6.07, 6.45) is 1.71. The van der Waals surface area contributed by atoms with Crippen LogP contribution < -0.4 is 9.47 Å². The zero-order chi connectivity index (χ0) is 22.4. The van der Waals surface area contributed by atoms with Crippen molar-refractivity contribution in [1.82, 2.24) is 0 Å². The molecule has 7 heteroatoms. The Morgan fingerprint density at radius 2 is 1.77 bits per heavy atom. The second kappa shape index (κ2) is 10.7. The normalized spacial score (nSPS) is 11.2. The quantitative estimate of drug-likeness (QED) is 0.234. The van der Waals surface area contributed by atoms with Gasteiger partial charge >= 0.3 is 0 Å². The third-order valence-electron chi connectivity index (χ3n) is 4.34. The third-order valence-corrected chi connectivity index (χ3v) is 5.61. The third kappa shape index (κ3) is 6.01. The van der Waals surface area contributed by atoms with Crippen molar-refractivity contribution in [2.75, 3.05) is 6.61 Å². The molecule has 0 spiro atoms. The molecule has 0 saturated carbocycles. The van der Waals surface area contributed by atoms with Gasteiger partial charge in [0.2, 0.25) is 0 Å². The van der Waals surface area contributed by atoms with Gasteiger partial charge in [-0.25, -0.2) is 4.39 Å². The zero-order valence-electron chi connectivity index (χ0n) is 16.5. The maximum Gasteiger partial charge on any atom is 0.162 e. The Balaban J connectivity index is 1.92. The van der Waals surface area contributed by atoms with Crippen LogP contribution in [0, 0.1) is 17.1 Å². The summed E-state index contributed by atoms with van der Waals surface area (Å²) in [6, 6.07) is 16.7. The van der Waals surface area contributed by atoms with E-state index in [1.165, 1.54) is 12.1 Å². The minimum absolute atomic E-state index is 0.233. The number of allylic oxidation sites excluding steroid dienone is 1. The predicted molar refractivity (Wildman–Crippen MR) is 126 cm³/mol. The van der Waals surface area contributed by atoms with Gasteiger partial charge in [0.25, 0.3) is 0 Å². The van der Waals surface area contributed by atoms with E-state index >= 15 is 0 Å². The molecule has 0 fully saturated rings. The Bertz CT molecular complexity index is 1160. The van der Waals surface area contributed by atoms with E-state index in [4.69, 9.17) is 32.7 Å². The largest absolute Gasteiger partial charge is 0.490 e. The van der Waals surface area contributed by atoms with Crippen LogP contribution in [0.1, 0.15) is 23.6 Å². The highest BCUT2D eigenvalue weighted by Crippen LogP contribution is 2.36. The molecule has 0 saturated heterocycles. The highest BCUT2D eigenvalue weighted by Gasteiger charge is 2.13. The van der Waals surface area contributed by atoms with E-state index < -0.39 is 0 Å². The molecule has 3 aromatic rings. The molecule has 0 N–H and O–H groups in total. The van der Waals surface area contributed by atoms with Crippen molar-refractivity contribution in [3.05, 3.63) is 91.6 Å². The van der Waals surface area contributed by atoms with E-state index in [1.54, 1.807) is 48.5 Å². The molecule has 0 aliphatic heterocycles. The average molecular weight is 521 g/mol. The molecular formula is C24H17BrCl2FNO2. The number of nitrogens with zero attached hydrogens (tertiary/aromatic N) is 1. The standard InChI is InChI=1S/C24H17BrCl2FNO2/c1-2-30-23-10-17(9-18(13-29)15-4-7-20(28)8-5-15)21(25)12-24(23)31-14-16-3-6-19(26)11-22(16)27/h3-12H,2,14H2,1H3/b18-9+. The molecule has 3 nitrogen and oxygen atoms in total. The Morgan fingerprint density at radius 1 is 1.06 bits per heavy atom. The van der Waals surface area contributed by atoms with Gasteiger partial charge in [-0.05, 0) is 60.5 Å². The van der Waals surface area contributed by atoms with Crippen molar-refractivity contribution in [2.45, 2.75) is 13.5 Å². The fourth-order valence-electron chi connectivity index (χ4n) is 2.80. The molecular weight excluding hydrogens is 504 g/mol. The van der Waals surface area contributed by atoms with E-state index in [9.17, 15) is 9.65 Å². The zero-order valence-corrected chi connectivity index (χ0v) is 19.6. The van der Waals surface area contributed by atoms with Crippen molar-refractivity contribution >= 4 is 50.8 Å². The lowest BCUT2D eigenvalue weighted by Crippen LogP contribution is -2.01. The van der Waals surface area contributed by atoms with Crippen LogP contribution in [-0.2, 0) is 6.61 Å². The van der Waals surface area contributed by atoms with Crippen LogP contribution in [0.3, 0.4) is 0 Å². The van der Waals surface area contributed by atoms with E-state index in [2.05, 4.69) is 22.0 Å². The summed E-state index contributed by atoms with van der Waals surface area (Å²) in [5.41, 5.74) is 2.52. The predicted octanol–water partition coefficient (Wildman–Crippen LogP) is 7.94. The number of ether oxygens (including phenoxy) is 2. The minimum atomic E-state index is -0.358. The first-order valence-electron chi connectivity index (χ1n) is 9.32. The first kappa shape index (κ1) is 23.1. The lowest BCUT2D eigenvalue weighted by atomic mass is 10.0. The second-order valence-corrected chi connectivity index (χ2v) is 8.15. The molecule has 158 valence electrons. The van der Waals surface area contributed by atoms with Crippen molar-refractivity contribution < 1.29 is 13.9 Å². The van der Waals surface area contributed by atoms with Gasteiger partial charge in [-0.2, -0.15) is 5.26 Å². The summed E-state index contributed by atoms with van der Waals surface area (Å²) >= 11 is 15.7. The van der Waals surface area contributed by atoms with Gasteiger partial charge in [0.05, 0.1) is 18.2 Å². The molecule has 31 heavy (non-hydrogen) atoms. The SMILES string of the molecule is CCOc1cc(/C=C(\C#N)c2ccc(F)cc2)c(Br)cc1OCc1ccc(Cl)cc1Cl. The van der Waals surface area contributed by atoms with Crippen molar-refractivity contribution in [3.8, 4) is 17.6 Å². The monoisotopic (exact) mass is 519 g/mol. The van der Waals surface area contributed by atoms with Crippen LogP contribution >= 0.6 is 39.1 Å². The van der Waals surface area contributed by atoms with E-state index in [-0.39, 0.29) is 12.4 Å². The van der Waals surface area contributed by atoms with Gasteiger partial charge in [-0.3, -0.25) is 0 Å². The molecule has 0 amide bonds. The van der Waals surface area contributed by atoms with E-state index in [1.807, 2.05) is 6.92 Å². The Hall–Kier alpha value is -2.52. The number of hydrogen-bond acceptors (Lipinski definition) is 3. The average Bonchev–Trinajstić information content (AvgIpc) is 2.74. The summed E-state index contributed by atoms with van der Waals surface area (Å²) in [4.78, 5) is 0. The first-order chi connectivity index (χ1) is 14.9. The summed E-state index contributed by atoms with van der Waals surface area (Å²) in [5, 5.41) is 10.6. The Morgan fingerprint density at radius 3 is 2.42 bits per heavy atom.